The van der Waals surface area contributed by atoms with Gasteiger partial charge in [0.1, 0.15) is 0 Å². The Bertz CT molecular complexity index is 534. The lowest BCUT2D eigenvalue weighted by Gasteiger charge is -1.99. The highest BCUT2D eigenvalue weighted by Crippen LogP contribution is 2.12. The van der Waals surface area contributed by atoms with Crippen LogP contribution in [0.2, 0.25) is 0 Å². The molecular weight excluding hydrogens is 278 g/mol. The van der Waals surface area contributed by atoms with Gasteiger partial charge in [-0.05, 0) is 5.56 Å². The Kier molecular flexibility index (Phi) is 6.22. The van der Waals surface area contributed by atoms with Crippen LogP contribution in [0.15, 0.2) is 36.4 Å². The van der Waals surface area contributed by atoms with E-state index in [2.05, 4.69) is 47.8 Å². The highest BCUT2D eigenvalue weighted by Gasteiger charge is 2.14. The fourth-order valence-electron chi connectivity index (χ4n) is 1.90. The van der Waals surface area contributed by atoms with E-state index in [0.717, 1.165) is 18.5 Å². The molecule has 0 amide bonds. The number of aliphatic hydroxyl groups is 1. The smallest absolute Gasteiger partial charge is 0.225 e. The van der Waals surface area contributed by atoms with Crippen molar-refractivity contribution in [3.63, 3.8) is 0 Å². The van der Waals surface area contributed by atoms with E-state index in [-0.39, 0.29) is 19.0 Å². The van der Waals surface area contributed by atoms with Gasteiger partial charge in [0.05, 0.1) is 4.88 Å². The lowest BCUT2D eigenvalue weighted by Crippen LogP contribution is -3.00. The number of rotatable bonds is 5. The van der Waals surface area contributed by atoms with Crippen molar-refractivity contribution in [3.8, 4) is 0 Å². The van der Waals surface area contributed by atoms with Gasteiger partial charge in [-0.25, -0.2) is 0 Å². The maximum Gasteiger partial charge on any atom is 0.225 e. The van der Waals surface area contributed by atoms with E-state index in [9.17, 15) is 0 Å². The fourth-order valence-corrected chi connectivity index (χ4v) is 2.89. The molecule has 2 aromatic rings. The quantitative estimate of drug-likeness (QED) is 0.744. The molecule has 0 fully saturated rings. The third kappa shape index (κ3) is 3.90. The third-order valence-corrected chi connectivity index (χ3v) is 4.21. The minimum absolute atomic E-state index is 0. The normalized spacial score (nSPS) is 10.0. The van der Waals surface area contributed by atoms with E-state index >= 15 is 0 Å². The lowest BCUT2D eigenvalue weighted by molar-refractivity contribution is -0.689. The summed E-state index contributed by atoms with van der Waals surface area (Å²) in [6, 6.07) is 8.43. The van der Waals surface area contributed by atoms with Gasteiger partial charge in [0.25, 0.3) is 0 Å². The van der Waals surface area contributed by atoms with Gasteiger partial charge in [-0.2, -0.15) is 4.57 Å². The predicted octanol–water partition coefficient (Wildman–Crippen LogP) is -0.426. The molecule has 0 aliphatic carbocycles. The summed E-state index contributed by atoms with van der Waals surface area (Å²) in [6.45, 7) is 6.96. The summed E-state index contributed by atoms with van der Waals surface area (Å²) in [5, 5.41) is 8.99. The van der Waals surface area contributed by atoms with Gasteiger partial charge in [0.2, 0.25) is 5.51 Å². The van der Waals surface area contributed by atoms with E-state index in [0.29, 0.717) is 0 Å². The van der Waals surface area contributed by atoms with Crippen molar-refractivity contribution in [1.82, 2.24) is 0 Å². The summed E-state index contributed by atoms with van der Waals surface area (Å²) in [7, 11) is 0. The highest BCUT2D eigenvalue weighted by atomic mass is 35.5. The molecule has 1 aromatic heterocycles. The first-order chi connectivity index (χ1) is 8.74. The van der Waals surface area contributed by atoms with E-state index in [1.807, 2.05) is 6.08 Å². The second-order valence-corrected chi connectivity index (χ2v) is 5.22. The molecule has 1 aromatic carbocycles. The Hall–Kier alpha value is -1.16. The van der Waals surface area contributed by atoms with Crippen molar-refractivity contribution < 1.29 is 22.1 Å². The average Bonchev–Trinajstić information content (AvgIpc) is 2.73. The van der Waals surface area contributed by atoms with Crippen LogP contribution in [0.4, 0.5) is 0 Å². The zero-order chi connectivity index (χ0) is 13.0. The summed E-state index contributed by atoms with van der Waals surface area (Å²) in [4.78, 5) is 1.26. The molecule has 0 saturated heterocycles. The zero-order valence-corrected chi connectivity index (χ0v) is 12.5. The molecule has 0 radical (unpaired) electrons. The summed E-state index contributed by atoms with van der Waals surface area (Å²) < 4.78 is 2.23. The molecule has 0 atom stereocenters. The van der Waals surface area contributed by atoms with Gasteiger partial charge in [-0.1, -0.05) is 48.3 Å². The topological polar surface area (TPSA) is 24.1 Å². The molecule has 2 nitrogen and oxygen atoms in total. The third-order valence-electron chi connectivity index (χ3n) is 3.06. The molecule has 1 heterocycles. The molecule has 1 N–H and O–H groups in total. The highest BCUT2D eigenvalue weighted by molar-refractivity contribution is 7.09. The van der Waals surface area contributed by atoms with Crippen LogP contribution in [0.3, 0.4) is 0 Å². The van der Waals surface area contributed by atoms with Crippen LogP contribution >= 0.6 is 11.3 Å². The van der Waals surface area contributed by atoms with Crippen LogP contribution in [0, 0.1) is 6.92 Å². The Morgan fingerprint density at radius 1 is 1.32 bits per heavy atom. The molecule has 0 bridgehead atoms. The predicted molar refractivity (Wildman–Crippen MR) is 75.7 cm³/mol. The summed E-state index contributed by atoms with van der Waals surface area (Å²) in [5.41, 5.74) is 5.80. The van der Waals surface area contributed by atoms with Gasteiger partial charge in [0.15, 0.2) is 12.2 Å². The first-order valence-electron chi connectivity index (χ1n) is 6.03. The molecule has 4 heteroatoms. The summed E-state index contributed by atoms with van der Waals surface area (Å²) >= 11 is 1.71. The van der Waals surface area contributed by atoms with Gasteiger partial charge in [-0.3, -0.25) is 0 Å². The number of benzene rings is 1. The Balaban J connectivity index is 0.00000180. The van der Waals surface area contributed by atoms with Gasteiger partial charge in [-0.15, -0.1) is 0 Å². The van der Waals surface area contributed by atoms with Crippen molar-refractivity contribution in [2.24, 2.45) is 0 Å². The molecule has 0 aliphatic rings. The number of aromatic nitrogens is 1. The number of thiazole rings is 1. The van der Waals surface area contributed by atoms with Crippen molar-refractivity contribution in [2.75, 3.05) is 6.61 Å². The van der Waals surface area contributed by atoms with Crippen LogP contribution in [-0.4, -0.2) is 11.7 Å². The van der Waals surface area contributed by atoms with Gasteiger partial charge < -0.3 is 17.5 Å². The van der Waals surface area contributed by atoms with Crippen LogP contribution in [0.5, 0.6) is 0 Å². The van der Waals surface area contributed by atoms with E-state index in [1.165, 1.54) is 16.1 Å². The summed E-state index contributed by atoms with van der Waals surface area (Å²) in [6.07, 6.45) is 2.60. The van der Waals surface area contributed by atoms with Crippen LogP contribution < -0.4 is 17.0 Å². The first kappa shape index (κ1) is 15.9. The number of hydrogen-bond donors (Lipinski definition) is 1. The Morgan fingerprint density at radius 3 is 2.58 bits per heavy atom. The van der Waals surface area contributed by atoms with Crippen molar-refractivity contribution >= 4 is 17.4 Å². The first-order valence-corrected chi connectivity index (χ1v) is 6.91. The van der Waals surface area contributed by atoms with Crippen molar-refractivity contribution in [3.05, 3.63) is 58.1 Å². The number of halogens is 1. The minimum Gasteiger partial charge on any atom is -1.00 e. The average molecular weight is 296 g/mol. The van der Waals surface area contributed by atoms with E-state index in [4.69, 9.17) is 5.11 Å². The maximum atomic E-state index is 8.99. The molecule has 0 aliphatic heterocycles. The van der Waals surface area contributed by atoms with E-state index < -0.39 is 0 Å². The largest absolute Gasteiger partial charge is 1.00 e. The number of aliphatic hydroxyl groups excluding tert-OH is 1. The van der Waals surface area contributed by atoms with Gasteiger partial charge >= 0.3 is 0 Å². The standard InChI is InChI=1S/C15H18NOS.ClH/c1-3-13-4-6-14(7-5-13)10-16-11-18-15(8-9-17)12(16)2;/h3-7,11,17H,1,8-10H2,2H3;1H/q+1;/p-1. The van der Waals surface area contributed by atoms with E-state index in [1.54, 1.807) is 11.3 Å². The molecule has 0 saturated carbocycles. The summed E-state index contributed by atoms with van der Waals surface area (Å²) in [5.74, 6) is 0. The van der Waals surface area contributed by atoms with Crippen molar-refractivity contribution in [2.45, 2.75) is 19.9 Å². The molecular formula is C15H18ClNOS. The Labute approximate surface area is 124 Å². The molecule has 19 heavy (non-hydrogen) atoms. The monoisotopic (exact) mass is 295 g/mol. The van der Waals surface area contributed by atoms with Crippen molar-refractivity contribution in [1.29, 1.82) is 0 Å². The molecule has 2 rings (SSSR count). The van der Waals surface area contributed by atoms with Crippen LogP contribution in [-0.2, 0) is 13.0 Å². The number of nitrogens with zero attached hydrogens (tertiary/aromatic N) is 1. The maximum absolute atomic E-state index is 8.99. The molecule has 102 valence electrons. The number of hydrogen-bond acceptors (Lipinski definition) is 2. The van der Waals surface area contributed by atoms with Crippen LogP contribution in [0.25, 0.3) is 6.08 Å². The van der Waals surface area contributed by atoms with Gasteiger partial charge in [0, 0.05) is 25.5 Å². The fraction of sp³-hybridized carbons (Fsp3) is 0.267. The van der Waals surface area contributed by atoms with Crippen LogP contribution in [0.1, 0.15) is 21.7 Å². The second-order valence-electron chi connectivity index (χ2n) is 4.28. The minimum atomic E-state index is 0. The molecule has 0 spiro atoms. The SMILES string of the molecule is C=Cc1ccc(C[n+]2csc(CCO)c2C)cc1.[Cl-]. The zero-order valence-electron chi connectivity index (χ0n) is 11.0. The second kappa shape index (κ2) is 7.43. The Morgan fingerprint density at radius 2 is 2.00 bits per heavy atom. The lowest BCUT2D eigenvalue weighted by atomic mass is 10.1. The molecule has 0 unspecified atom stereocenters.